The van der Waals surface area contributed by atoms with Gasteiger partial charge in [-0.3, -0.25) is 4.79 Å². The molecule has 0 spiro atoms. The van der Waals surface area contributed by atoms with Crippen LogP contribution in [0.4, 0.5) is 5.82 Å². The van der Waals surface area contributed by atoms with Crippen molar-refractivity contribution in [3.05, 3.63) is 41.6 Å². The van der Waals surface area contributed by atoms with E-state index in [4.69, 9.17) is 11.6 Å². The van der Waals surface area contributed by atoms with E-state index in [2.05, 4.69) is 20.6 Å². The van der Waals surface area contributed by atoms with Crippen LogP contribution in [0.2, 0.25) is 5.02 Å². The van der Waals surface area contributed by atoms with Crippen molar-refractivity contribution in [2.24, 2.45) is 0 Å². The van der Waals surface area contributed by atoms with E-state index in [1.54, 1.807) is 35.0 Å². The Hall–Kier alpha value is -2.56. The topological polar surface area (TPSA) is 110 Å². The number of amides is 1. The Morgan fingerprint density at radius 1 is 1.17 bits per heavy atom. The number of carbonyl (C=O) groups excluding carboxylic acids is 1. The van der Waals surface area contributed by atoms with E-state index >= 15 is 0 Å². The Morgan fingerprint density at radius 3 is 2.70 bits per heavy atom. The molecule has 1 amide bonds. The summed E-state index contributed by atoms with van der Waals surface area (Å²) in [5.41, 5.74) is 1.25. The number of nitrogens with one attached hydrogen (secondary N) is 1. The zero-order valence-corrected chi connectivity index (χ0v) is 17.7. The van der Waals surface area contributed by atoms with Crippen molar-refractivity contribution in [2.45, 2.75) is 37.1 Å². The predicted octanol–water partition coefficient (Wildman–Crippen LogP) is 2.68. The number of pyridine rings is 1. The van der Waals surface area contributed by atoms with Crippen LogP contribution in [0, 0.1) is 0 Å². The van der Waals surface area contributed by atoms with E-state index in [1.807, 2.05) is 0 Å². The smallest absolute Gasteiger partial charge is 0.243 e. The van der Waals surface area contributed by atoms with Crippen LogP contribution in [0.25, 0.3) is 11.0 Å². The van der Waals surface area contributed by atoms with Crippen molar-refractivity contribution < 1.29 is 13.2 Å². The Bertz CT molecular complexity index is 1160. The minimum Gasteiger partial charge on any atom is -0.311 e. The normalized spacial score (nSPS) is 15.0. The lowest BCUT2D eigenvalue weighted by Gasteiger charge is -2.15. The van der Waals surface area contributed by atoms with Crippen molar-refractivity contribution in [3.63, 3.8) is 0 Å². The molecule has 11 heteroatoms. The molecule has 0 aliphatic carbocycles. The molecule has 0 radical (unpaired) electrons. The average Bonchev–Trinajstić information content (AvgIpc) is 3.40. The number of aromatic nitrogens is 4. The number of carbonyl (C=O) groups is 1. The summed E-state index contributed by atoms with van der Waals surface area (Å²) in [6.45, 7) is 1.59. The molecule has 1 saturated heterocycles. The van der Waals surface area contributed by atoms with Crippen molar-refractivity contribution in [2.75, 3.05) is 18.4 Å². The SMILES string of the molecule is O=C(CCCn1nnc2cc(S(=O)(=O)N3CCCC3)ccc21)Nc1ccc(Cl)cn1. The molecule has 1 fully saturated rings. The molecule has 0 unspecified atom stereocenters. The molecule has 3 aromatic rings. The van der Waals surface area contributed by atoms with Gasteiger partial charge in [-0.2, -0.15) is 4.31 Å². The summed E-state index contributed by atoms with van der Waals surface area (Å²) < 4.78 is 28.6. The van der Waals surface area contributed by atoms with Crippen molar-refractivity contribution in [1.29, 1.82) is 0 Å². The number of fused-ring (bicyclic) bond motifs is 1. The monoisotopic (exact) mass is 448 g/mol. The van der Waals surface area contributed by atoms with Gasteiger partial charge in [0.1, 0.15) is 11.3 Å². The zero-order valence-electron chi connectivity index (χ0n) is 16.2. The van der Waals surface area contributed by atoms with Gasteiger partial charge in [0.15, 0.2) is 0 Å². The highest BCUT2D eigenvalue weighted by molar-refractivity contribution is 7.89. The third-order valence-electron chi connectivity index (χ3n) is 4.96. The second-order valence-electron chi connectivity index (χ2n) is 7.09. The first-order valence-corrected chi connectivity index (χ1v) is 11.5. The molecule has 30 heavy (non-hydrogen) atoms. The first-order chi connectivity index (χ1) is 14.4. The fourth-order valence-corrected chi connectivity index (χ4v) is 5.05. The number of aryl methyl sites for hydroxylation is 1. The number of benzene rings is 1. The summed E-state index contributed by atoms with van der Waals surface area (Å²) in [6, 6.07) is 8.17. The summed E-state index contributed by atoms with van der Waals surface area (Å²) in [4.78, 5) is 16.3. The molecule has 158 valence electrons. The van der Waals surface area contributed by atoms with Crippen LogP contribution in [-0.4, -0.2) is 51.7 Å². The standard InChI is InChI=1S/C19H21ClN6O3S/c20-14-5-8-18(21-13-14)22-19(27)4-3-11-26-17-7-6-15(12-16(17)23-24-26)30(28,29)25-9-1-2-10-25/h5-8,12-13H,1-4,9-11H2,(H,21,22,27). The molecule has 0 saturated carbocycles. The maximum absolute atomic E-state index is 12.7. The highest BCUT2D eigenvalue weighted by atomic mass is 35.5. The summed E-state index contributed by atoms with van der Waals surface area (Å²) >= 11 is 5.78. The van der Waals surface area contributed by atoms with E-state index in [9.17, 15) is 13.2 Å². The predicted molar refractivity (Wildman–Crippen MR) is 113 cm³/mol. The van der Waals surface area contributed by atoms with Crippen LogP contribution >= 0.6 is 11.6 Å². The van der Waals surface area contributed by atoms with Gasteiger partial charge in [0.05, 0.1) is 15.4 Å². The number of sulfonamides is 1. The second-order valence-corrected chi connectivity index (χ2v) is 9.46. The van der Waals surface area contributed by atoms with Crippen LogP contribution in [0.15, 0.2) is 41.4 Å². The van der Waals surface area contributed by atoms with Crippen LogP contribution in [-0.2, 0) is 21.4 Å². The van der Waals surface area contributed by atoms with Crippen molar-refractivity contribution >= 4 is 44.4 Å². The number of anilines is 1. The number of hydrogen-bond donors (Lipinski definition) is 1. The molecule has 9 nitrogen and oxygen atoms in total. The maximum Gasteiger partial charge on any atom is 0.243 e. The molecule has 4 rings (SSSR count). The first kappa shape index (κ1) is 20.7. The van der Waals surface area contributed by atoms with Gasteiger partial charge in [0.25, 0.3) is 0 Å². The Labute approximate surface area is 179 Å². The fourth-order valence-electron chi connectivity index (χ4n) is 3.40. The average molecular weight is 449 g/mol. The zero-order chi connectivity index (χ0) is 21.1. The van der Waals surface area contributed by atoms with Crippen LogP contribution in [0.3, 0.4) is 0 Å². The molecular weight excluding hydrogens is 428 g/mol. The molecule has 1 aliphatic heterocycles. The highest BCUT2D eigenvalue weighted by Gasteiger charge is 2.27. The molecule has 0 atom stereocenters. The Kier molecular flexibility index (Phi) is 5.98. The van der Waals surface area contributed by atoms with Gasteiger partial charge < -0.3 is 5.32 Å². The summed E-state index contributed by atoms with van der Waals surface area (Å²) in [5.74, 6) is 0.288. The van der Waals surface area contributed by atoms with Gasteiger partial charge in [-0.25, -0.2) is 18.1 Å². The summed E-state index contributed by atoms with van der Waals surface area (Å²) in [7, 11) is -3.49. The van der Waals surface area contributed by atoms with E-state index in [1.165, 1.54) is 10.5 Å². The Morgan fingerprint density at radius 2 is 1.97 bits per heavy atom. The molecule has 1 aromatic carbocycles. The summed E-state index contributed by atoms with van der Waals surface area (Å²) in [5, 5.41) is 11.4. The third kappa shape index (κ3) is 4.45. The van der Waals surface area contributed by atoms with Gasteiger partial charge in [0, 0.05) is 32.3 Å². The van der Waals surface area contributed by atoms with Gasteiger partial charge in [-0.1, -0.05) is 16.8 Å². The Balaban J connectivity index is 1.38. The van der Waals surface area contributed by atoms with Crippen molar-refractivity contribution in [3.8, 4) is 0 Å². The van der Waals surface area contributed by atoms with E-state index in [0.29, 0.717) is 42.4 Å². The number of halogens is 1. The number of hydrogen-bond acceptors (Lipinski definition) is 6. The largest absolute Gasteiger partial charge is 0.311 e. The number of nitrogens with zero attached hydrogens (tertiary/aromatic N) is 5. The lowest BCUT2D eigenvalue weighted by molar-refractivity contribution is -0.116. The fraction of sp³-hybridized carbons (Fsp3) is 0.368. The molecule has 1 aliphatic rings. The lowest BCUT2D eigenvalue weighted by atomic mass is 10.2. The van der Waals surface area contributed by atoms with Gasteiger partial charge in [-0.05, 0) is 49.6 Å². The van der Waals surface area contributed by atoms with E-state index < -0.39 is 10.0 Å². The first-order valence-electron chi connectivity index (χ1n) is 9.68. The van der Waals surface area contributed by atoms with Crippen molar-refractivity contribution in [1.82, 2.24) is 24.3 Å². The van der Waals surface area contributed by atoms with Crippen LogP contribution < -0.4 is 5.32 Å². The molecule has 0 bridgehead atoms. The molecule has 1 N–H and O–H groups in total. The van der Waals surface area contributed by atoms with E-state index in [-0.39, 0.29) is 17.2 Å². The quantitative estimate of drug-likeness (QED) is 0.595. The number of rotatable bonds is 7. The highest BCUT2D eigenvalue weighted by Crippen LogP contribution is 2.23. The maximum atomic E-state index is 12.7. The van der Waals surface area contributed by atoms with Gasteiger partial charge in [0.2, 0.25) is 15.9 Å². The van der Waals surface area contributed by atoms with Crippen LogP contribution in [0.1, 0.15) is 25.7 Å². The molecule has 2 aromatic heterocycles. The molecular formula is C19H21ClN6O3S. The second kappa shape index (κ2) is 8.66. The van der Waals surface area contributed by atoms with Crippen LogP contribution in [0.5, 0.6) is 0 Å². The minimum absolute atomic E-state index is 0.159. The van der Waals surface area contributed by atoms with Gasteiger partial charge in [-0.15, -0.1) is 5.10 Å². The lowest BCUT2D eigenvalue weighted by Crippen LogP contribution is -2.27. The summed E-state index contributed by atoms with van der Waals surface area (Å²) in [6.07, 6.45) is 4.08. The van der Waals surface area contributed by atoms with Gasteiger partial charge >= 0.3 is 0 Å². The third-order valence-corrected chi connectivity index (χ3v) is 7.08. The molecule has 3 heterocycles. The van der Waals surface area contributed by atoms with E-state index in [0.717, 1.165) is 18.4 Å². The minimum atomic E-state index is -3.49.